The number of aromatic nitrogens is 3. The van der Waals surface area contributed by atoms with Crippen molar-refractivity contribution in [2.75, 3.05) is 0 Å². The number of hydrogen-bond donors (Lipinski definition) is 0. The molecular weight excluding hydrogens is 723 g/mol. The second kappa shape index (κ2) is 14.3. The lowest BCUT2D eigenvalue weighted by atomic mass is 9.49. The minimum absolute atomic E-state index is 0.120. The average Bonchev–Trinajstić information content (AvgIpc) is 3.59. The molecule has 1 aliphatic heterocycles. The van der Waals surface area contributed by atoms with E-state index in [0.29, 0.717) is 70.4 Å². The molecule has 1 aliphatic rings. The van der Waals surface area contributed by atoms with Crippen LogP contribution in [-0.2, 0) is 0 Å². The van der Waals surface area contributed by atoms with Crippen molar-refractivity contribution in [2.24, 2.45) is 0 Å². The first-order chi connectivity index (χ1) is 28.5. The molecule has 0 aliphatic carbocycles. The highest BCUT2D eigenvalue weighted by Crippen LogP contribution is 2.39. The Morgan fingerprint density at radius 1 is 0.322 bits per heavy atom. The second-order valence-corrected chi connectivity index (χ2v) is 15.5. The first-order valence-corrected chi connectivity index (χ1v) is 19.5. The van der Waals surface area contributed by atoms with Crippen LogP contribution >= 0.6 is 11.3 Å². The summed E-state index contributed by atoms with van der Waals surface area (Å²) in [4.78, 5) is 15.1. The Bertz CT molecular complexity index is 3210. The van der Waals surface area contributed by atoms with Crippen LogP contribution in [0.4, 0.5) is 0 Å². The number of nitrogens with zero attached hydrogens (tertiary/aromatic N) is 3. The molecule has 0 bridgehead atoms. The molecule has 14 heteroatoms. The van der Waals surface area contributed by atoms with E-state index in [1.165, 1.54) is 11.3 Å². The fourth-order valence-corrected chi connectivity index (χ4v) is 9.32. The van der Waals surface area contributed by atoms with E-state index in [1.54, 1.807) is 0 Å². The van der Waals surface area contributed by atoms with Gasteiger partial charge in [0, 0.05) is 31.5 Å². The van der Waals surface area contributed by atoms with Gasteiger partial charge in [-0.1, -0.05) is 142 Å². The molecule has 0 spiro atoms. The molecule has 0 saturated heterocycles. The molecular formula is C45H18B10N3S. The number of thiophene rings is 1. The second-order valence-electron chi connectivity index (χ2n) is 14.5. The van der Waals surface area contributed by atoms with Crippen LogP contribution in [0.25, 0.3) is 87.7 Å². The van der Waals surface area contributed by atoms with Crippen LogP contribution in [0.1, 0.15) is 0 Å². The topological polar surface area (TPSA) is 38.7 Å². The highest BCUT2D eigenvalue weighted by Gasteiger charge is 2.31. The van der Waals surface area contributed by atoms with E-state index in [0.717, 1.165) is 33.4 Å². The van der Waals surface area contributed by atoms with Gasteiger partial charge in [0.15, 0.2) is 24.8 Å². The smallest absolute Gasteiger partial charge is 0.191 e. The zero-order chi connectivity index (χ0) is 40.9. The van der Waals surface area contributed by atoms with Gasteiger partial charge in [-0.3, -0.25) is 0 Å². The maximum Gasteiger partial charge on any atom is 0.191 e. The van der Waals surface area contributed by atoms with Gasteiger partial charge in [-0.2, -0.15) is 0 Å². The lowest BCUT2D eigenvalue weighted by molar-refractivity contribution is 1.08. The summed E-state index contributed by atoms with van der Waals surface area (Å²) in [5, 5.41) is 1.38. The van der Waals surface area contributed by atoms with Gasteiger partial charge in [-0.25, -0.2) is 15.0 Å². The lowest BCUT2D eigenvalue weighted by Crippen LogP contribution is -2.60. The number of benzene rings is 7. The maximum absolute atomic E-state index is 7.33. The first kappa shape index (κ1) is 37.7. The van der Waals surface area contributed by atoms with Crippen LogP contribution < -0.4 is 60.1 Å². The zero-order valence-corrected chi connectivity index (χ0v) is 32.2. The van der Waals surface area contributed by atoms with Crippen molar-refractivity contribution in [1.29, 1.82) is 0 Å². The van der Waals surface area contributed by atoms with E-state index >= 15 is 0 Å². The molecule has 0 saturated carbocycles. The summed E-state index contributed by atoms with van der Waals surface area (Å²) >= 11 is 1.36. The third-order valence-corrected chi connectivity index (χ3v) is 12.4. The van der Waals surface area contributed by atoms with Gasteiger partial charge >= 0.3 is 0 Å². The van der Waals surface area contributed by atoms with Crippen LogP contribution in [-0.4, -0.2) is 92.8 Å². The number of fused-ring (bicyclic) bond motifs is 2. The van der Waals surface area contributed by atoms with Crippen molar-refractivity contribution in [3.05, 3.63) is 109 Å². The van der Waals surface area contributed by atoms with Crippen molar-refractivity contribution in [2.45, 2.75) is 0 Å². The minimum Gasteiger partial charge on any atom is -0.208 e. The lowest BCUT2D eigenvalue weighted by Gasteiger charge is -2.25. The van der Waals surface area contributed by atoms with Crippen LogP contribution in [0.2, 0.25) is 0 Å². The van der Waals surface area contributed by atoms with Crippen molar-refractivity contribution in [3.63, 3.8) is 0 Å². The van der Waals surface area contributed by atoms with Crippen molar-refractivity contribution in [1.82, 2.24) is 15.0 Å². The van der Waals surface area contributed by atoms with Crippen LogP contribution in [0.15, 0.2) is 109 Å². The molecule has 0 atom stereocenters. The van der Waals surface area contributed by atoms with Gasteiger partial charge < -0.3 is 0 Å². The quantitative estimate of drug-likeness (QED) is 0.221. The largest absolute Gasteiger partial charge is 0.208 e. The molecule has 59 heavy (non-hydrogen) atoms. The molecule has 249 valence electrons. The molecule has 3 heterocycles. The Labute approximate surface area is 359 Å². The zero-order valence-electron chi connectivity index (χ0n) is 31.4. The van der Waals surface area contributed by atoms with E-state index in [2.05, 4.69) is 36.4 Å². The predicted octanol–water partition coefficient (Wildman–Crippen LogP) is -0.646. The Balaban J connectivity index is 1.20. The molecule has 0 fully saturated rings. The molecule has 19 radical (unpaired) electrons. The molecule has 2 aromatic heterocycles. The van der Waals surface area contributed by atoms with E-state index in [-0.39, 0.29) is 44.1 Å². The summed E-state index contributed by atoms with van der Waals surface area (Å²) in [6.07, 6.45) is 0. The number of hydrogen-bond acceptors (Lipinski definition) is 4. The molecule has 7 aromatic carbocycles. The average molecular weight is 741 g/mol. The molecule has 0 unspecified atom stereocenters. The van der Waals surface area contributed by atoms with Crippen molar-refractivity contribution in [3.8, 4) is 67.5 Å². The number of rotatable bonds is 5. The molecule has 10 rings (SSSR count). The Hall–Kier alpha value is -5.58. The van der Waals surface area contributed by atoms with Gasteiger partial charge in [-0.05, 0) is 38.8 Å². The molecule has 0 amide bonds. The molecule has 0 N–H and O–H groups in total. The van der Waals surface area contributed by atoms with Gasteiger partial charge in [0.25, 0.3) is 0 Å². The standard InChI is InChI=1S/C45H18B10N3S/c46-30-25-26-28-40(55-39-27(25)31(47)33(49)34(50)36(39)52)37(53)35(51)38(54)42(28)59-41(26)32(48)29(30)45-57-43(23-9-5-2-6-10-23)56-44(58-45)24-17-15-22(16-18-24)21-13-11-20(12-14-21)19-7-3-1-4-8-19/h1-18H. The molecule has 3 nitrogen and oxygen atoms in total. The monoisotopic (exact) mass is 742 g/mol. The van der Waals surface area contributed by atoms with Crippen molar-refractivity contribution >= 4 is 169 Å². The summed E-state index contributed by atoms with van der Waals surface area (Å²) < 4.78 is 1.32. The highest BCUT2D eigenvalue weighted by atomic mass is 32.1. The van der Waals surface area contributed by atoms with Crippen LogP contribution in [0.3, 0.4) is 0 Å². The van der Waals surface area contributed by atoms with E-state index < -0.39 is 0 Å². The summed E-state index contributed by atoms with van der Waals surface area (Å²) in [7, 11) is 62.7. The van der Waals surface area contributed by atoms with E-state index in [4.69, 9.17) is 85.6 Å². The minimum atomic E-state index is 0.120. The predicted molar refractivity (Wildman–Crippen MR) is 259 cm³/mol. The Kier molecular flexibility index (Phi) is 9.14. The van der Waals surface area contributed by atoms with Crippen LogP contribution in [0, 0.1) is 0 Å². The van der Waals surface area contributed by atoms with Gasteiger partial charge in [-0.15, -0.1) is 38.7 Å². The SMILES string of the molecule is [B]c1c([B])c([B])c2c(c1[B])[B]c1c([B])c([B])c([B])c3sc4c([B])c(-c5nc(-c6ccccc6)nc(-c6ccc(-c7ccc(-c8ccccc8)cc7)cc6)n5)c([B])c-2c4c13. The van der Waals surface area contributed by atoms with Gasteiger partial charge in [0.05, 0.1) is 0 Å². The summed E-state index contributed by atoms with van der Waals surface area (Å²) in [6, 6.07) is 36.5. The summed E-state index contributed by atoms with van der Waals surface area (Å²) in [5.41, 5.74) is 10.4. The Morgan fingerprint density at radius 3 is 1.32 bits per heavy atom. The first-order valence-electron chi connectivity index (χ1n) is 18.6. The summed E-state index contributed by atoms with van der Waals surface area (Å²) in [6.45, 7) is 0. The summed E-state index contributed by atoms with van der Waals surface area (Å²) in [5.74, 6) is 1.09. The Morgan fingerprint density at radius 2 is 0.746 bits per heavy atom. The fraction of sp³-hybridized carbons (Fsp3) is 0. The third-order valence-electron chi connectivity index (χ3n) is 11.2. The fourth-order valence-electron chi connectivity index (χ4n) is 8.07. The third kappa shape index (κ3) is 5.89. The molecule has 9 aromatic rings. The van der Waals surface area contributed by atoms with Gasteiger partial charge in [0.2, 0.25) is 0 Å². The maximum atomic E-state index is 7.33. The normalized spacial score (nSPS) is 11.8. The van der Waals surface area contributed by atoms with E-state index in [1.807, 2.05) is 80.1 Å². The van der Waals surface area contributed by atoms with Crippen molar-refractivity contribution < 1.29 is 0 Å². The van der Waals surface area contributed by atoms with E-state index in [9.17, 15) is 0 Å². The highest BCUT2D eigenvalue weighted by molar-refractivity contribution is 7.28. The van der Waals surface area contributed by atoms with Crippen LogP contribution in [0.5, 0.6) is 0 Å². The van der Waals surface area contributed by atoms with Gasteiger partial charge in [0.1, 0.15) is 70.6 Å².